The fourth-order valence-electron chi connectivity index (χ4n) is 1.90. The van der Waals surface area contributed by atoms with E-state index < -0.39 is 0 Å². The molecule has 0 bridgehead atoms. The molecule has 0 aliphatic heterocycles. The number of likely N-dealkylation sites (N-methyl/N-ethyl adjacent to an activating group) is 1. The smallest absolute Gasteiger partial charge is 0.241 e. The van der Waals surface area contributed by atoms with E-state index in [9.17, 15) is 4.79 Å². The highest BCUT2D eigenvalue weighted by Gasteiger charge is 2.10. The molecule has 0 aliphatic rings. The third-order valence-corrected chi connectivity index (χ3v) is 2.90. The van der Waals surface area contributed by atoms with Gasteiger partial charge in [-0.05, 0) is 11.6 Å². The molecule has 5 heteroatoms. The molecular weight excluding hydrogens is 250 g/mol. The largest absolute Gasteiger partial charge is 0.347 e. The van der Waals surface area contributed by atoms with Crippen molar-refractivity contribution in [2.24, 2.45) is 5.73 Å². The maximum absolute atomic E-state index is 11.7. The van der Waals surface area contributed by atoms with E-state index in [-0.39, 0.29) is 18.3 Å². The number of hydrogen-bond acceptors (Lipinski definition) is 2. The Morgan fingerprint density at radius 3 is 2.61 bits per heavy atom. The Morgan fingerprint density at radius 1 is 1.33 bits per heavy atom. The molecule has 0 aliphatic carbocycles. The number of fused-ring (bicyclic) bond motifs is 1. The molecule has 0 saturated heterocycles. The van der Waals surface area contributed by atoms with Crippen LogP contribution in [0.25, 0.3) is 10.9 Å². The highest BCUT2D eigenvalue weighted by Crippen LogP contribution is 2.20. The number of rotatable bonds is 3. The van der Waals surface area contributed by atoms with Crippen molar-refractivity contribution in [3.63, 3.8) is 0 Å². The molecule has 4 nitrogen and oxygen atoms in total. The van der Waals surface area contributed by atoms with Gasteiger partial charge in [-0.15, -0.1) is 12.4 Å². The Labute approximate surface area is 113 Å². The molecule has 2 rings (SSSR count). The zero-order valence-electron chi connectivity index (χ0n) is 10.6. The maximum atomic E-state index is 11.7. The molecule has 0 atom stereocenters. The minimum atomic E-state index is 0. The van der Waals surface area contributed by atoms with E-state index in [2.05, 4.69) is 0 Å². The first-order valence-corrected chi connectivity index (χ1v) is 5.60. The number of carbonyl (C=O) groups excluding carboxylic acids is 1. The topological polar surface area (TPSA) is 51.3 Å². The number of nitrogens with zero attached hydrogens (tertiary/aromatic N) is 2. The minimum Gasteiger partial charge on any atom is -0.347 e. The third kappa shape index (κ3) is 2.66. The second kappa shape index (κ2) is 5.89. The van der Waals surface area contributed by atoms with Crippen LogP contribution < -0.4 is 5.73 Å². The van der Waals surface area contributed by atoms with Crippen molar-refractivity contribution < 1.29 is 4.79 Å². The number of hydrogen-bond donors (Lipinski definition) is 1. The lowest BCUT2D eigenvalue weighted by Crippen LogP contribution is -2.25. The number of carbonyl (C=O) groups is 1. The predicted octanol–water partition coefficient (Wildman–Crippen LogP) is 1.61. The van der Waals surface area contributed by atoms with Gasteiger partial charge in [0.25, 0.3) is 0 Å². The molecular formula is C13H18ClN3O. The molecule has 1 aromatic carbocycles. The van der Waals surface area contributed by atoms with E-state index in [1.807, 2.05) is 35.0 Å². The second-order valence-corrected chi connectivity index (χ2v) is 4.29. The summed E-state index contributed by atoms with van der Waals surface area (Å²) in [6.07, 6.45) is 1.96. The molecule has 0 spiro atoms. The van der Waals surface area contributed by atoms with Crippen molar-refractivity contribution >= 4 is 29.2 Å². The van der Waals surface area contributed by atoms with E-state index in [0.29, 0.717) is 13.1 Å². The second-order valence-electron chi connectivity index (χ2n) is 4.29. The van der Waals surface area contributed by atoms with Gasteiger partial charge in [-0.1, -0.05) is 18.2 Å². The van der Waals surface area contributed by atoms with Crippen molar-refractivity contribution in [3.05, 3.63) is 36.0 Å². The van der Waals surface area contributed by atoms with E-state index in [4.69, 9.17) is 5.73 Å². The Bertz CT molecular complexity index is 548. The summed E-state index contributed by atoms with van der Waals surface area (Å²) in [5.74, 6) is 0.0781. The molecule has 18 heavy (non-hydrogen) atoms. The summed E-state index contributed by atoms with van der Waals surface area (Å²) < 4.78 is 1.96. The van der Waals surface area contributed by atoms with E-state index in [1.54, 1.807) is 19.0 Å². The molecule has 0 saturated carbocycles. The van der Waals surface area contributed by atoms with Crippen molar-refractivity contribution in [3.8, 4) is 0 Å². The number of nitrogens with two attached hydrogens (primary N) is 1. The summed E-state index contributed by atoms with van der Waals surface area (Å²) in [6.45, 7) is 0.844. The van der Waals surface area contributed by atoms with Gasteiger partial charge >= 0.3 is 0 Å². The molecule has 1 heterocycles. The summed E-state index contributed by atoms with van der Waals surface area (Å²) in [5, 5.41) is 1.13. The van der Waals surface area contributed by atoms with Gasteiger partial charge in [-0.3, -0.25) is 4.79 Å². The van der Waals surface area contributed by atoms with Gasteiger partial charge in [0.2, 0.25) is 5.91 Å². The maximum Gasteiger partial charge on any atom is 0.241 e. The highest BCUT2D eigenvalue weighted by atomic mass is 35.5. The average Bonchev–Trinajstić information content (AvgIpc) is 2.68. The summed E-state index contributed by atoms with van der Waals surface area (Å²) in [7, 11) is 3.52. The molecule has 1 amide bonds. The van der Waals surface area contributed by atoms with Crippen LogP contribution in [-0.2, 0) is 17.9 Å². The van der Waals surface area contributed by atoms with E-state index in [1.165, 1.54) is 0 Å². The number of halogens is 1. The summed E-state index contributed by atoms with van der Waals surface area (Å²) in [5.41, 5.74) is 7.85. The molecule has 2 aromatic rings. The van der Waals surface area contributed by atoms with Crippen LogP contribution in [0.3, 0.4) is 0 Å². The van der Waals surface area contributed by atoms with Gasteiger partial charge in [0.05, 0.1) is 0 Å². The van der Waals surface area contributed by atoms with Crippen LogP contribution in [0.2, 0.25) is 0 Å². The van der Waals surface area contributed by atoms with E-state index >= 15 is 0 Å². The Balaban J connectivity index is 0.00000162. The molecule has 0 radical (unpaired) electrons. The lowest BCUT2D eigenvalue weighted by atomic mass is 10.2. The van der Waals surface area contributed by atoms with Gasteiger partial charge in [0.15, 0.2) is 0 Å². The van der Waals surface area contributed by atoms with Gasteiger partial charge in [-0.2, -0.15) is 0 Å². The highest BCUT2D eigenvalue weighted by molar-refractivity contribution is 5.86. The van der Waals surface area contributed by atoms with Crippen molar-refractivity contribution in [2.75, 3.05) is 14.1 Å². The molecule has 1 aromatic heterocycles. The van der Waals surface area contributed by atoms with Crippen molar-refractivity contribution in [1.29, 1.82) is 0 Å². The lowest BCUT2D eigenvalue weighted by Gasteiger charge is -2.11. The zero-order valence-corrected chi connectivity index (χ0v) is 11.4. The summed E-state index contributed by atoms with van der Waals surface area (Å²) in [6, 6.07) is 8.00. The van der Waals surface area contributed by atoms with Gasteiger partial charge in [-0.25, -0.2) is 0 Å². The normalized spacial score (nSPS) is 10.2. The lowest BCUT2D eigenvalue weighted by molar-refractivity contribution is -0.129. The first-order valence-electron chi connectivity index (χ1n) is 5.60. The molecule has 2 N–H and O–H groups in total. The fourth-order valence-corrected chi connectivity index (χ4v) is 1.90. The van der Waals surface area contributed by atoms with Crippen molar-refractivity contribution in [2.45, 2.75) is 13.1 Å². The van der Waals surface area contributed by atoms with Crippen LogP contribution in [-0.4, -0.2) is 29.5 Å². The number of para-hydroxylation sites is 1. The van der Waals surface area contributed by atoms with Crippen LogP contribution in [0.1, 0.15) is 5.56 Å². The average molecular weight is 268 g/mol. The summed E-state index contributed by atoms with van der Waals surface area (Å²) >= 11 is 0. The third-order valence-electron chi connectivity index (χ3n) is 2.90. The Morgan fingerprint density at radius 2 is 2.00 bits per heavy atom. The molecule has 0 unspecified atom stereocenters. The van der Waals surface area contributed by atoms with Gasteiger partial charge < -0.3 is 15.2 Å². The number of amides is 1. The number of aromatic nitrogens is 1. The van der Waals surface area contributed by atoms with Crippen LogP contribution in [0, 0.1) is 0 Å². The van der Waals surface area contributed by atoms with Crippen LogP contribution >= 0.6 is 12.4 Å². The minimum absolute atomic E-state index is 0. The SMILES string of the molecule is CN(C)C(=O)Cn1cc(CN)c2ccccc21.Cl. The first kappa shape index (κ1) is 14.5. The predicted molar refractivity (Wildman–Crippen MR) is 75.8 cm³/mol. The quantitative estimate of drug-likeness (QED) is 0.919. The Hall–Kier alpha value is -1.52. The Kier molecular flexibility index (Phi) is 4.76. The van der Waals surface area contributed by atoms with Crippen LogP contribution in [0.15, 0.2) is 30.5 Å². The first-order chi connectivity index (χ1) is 8.13. The fraction of sp³-hybridized carbons (Fsp3) is 0.308. The van der Waals surface area contributed by atoms with Gasteiger partial charge in [0, 0.05) is 37.7 Å². The molecule has 98 valence electrons. The zero-order chi connectivity index (χ0) is 12.4. The number of benzene rings is 1. The standard InChI is InChI=1S/C13H17N3O.ClH/c1-15(2)13(17)9-16-8-10(7-14)11-5-3-4-6-12(11)16;/h3-6,8H,7,9,14H2,1-2H3;1H. The van der Waals surface area contributed by atoms with Crippen LogP contribution in [0.5, 0.6) is 0 Å². The monoisotopic (exact) mass is 267 g/mol. The van der Waals surface area contributed by atoms with Crippen molar-refractivity contribution in [1.82, 2.24) is 9.47 Å². The van der Waals surface area contributed by atoms with Gasteiger partial charge in [0.1, 0.15) is 6.54 Å². The summed E-state index contributed by atoms with van der Waals surface area (Å²) in [4.78, 5) is 13.3. The molecule has 0 fully saturated rings. The van der Waals surface area contributed by atoms with Crippen LogP contribution in [0.4, 0.5) is 0 Å². The van der Waals surface area contributed by atoms with E-state index in [0.717, 1.165) is 16.5 Å².